The van der Waals surface area contributed by atoms with Gasteiger partial charge < -0.3 is 14.8 Å². The Hall–Kier alpha value is -2.22. The summed E-state index contributed by atoms with van der Waals surface area (Å²) in [5, 5.41) is 2.83. The molecule has 0 unspecified atom stereocenters. The van der Waals surface area contributed by atoms with Gasteiger partial charge in [0.25, 0.3) is 11.1 Å². The molecule has 0 radical (unpaired) electrons. The van der Waals surface area contributed by atoms with Crippen molar-refractivity contribution < 1.29 is 23.5 Å². The van der Waals surface area contributed by atoms with Crippen LogP contribution in [0.1, 0.15) is 25.5 Å². The summed E-state index contributed by atoms with van der Waals surface area (Å²) >= 11 is 4.99. The summed E-state index contributed by atoms with van der Waals surface area (Å²) in [6.07, 6.45) is -1.43. The summed E-state index contributed by atoms with van der Waals surface area (Å²) in [5.41, 5.74) is -0.171. The molecule has 2 heterocycles. The molecule has 1 aromatic rings. The number of hydrogen-bond acceptors (Lipinski definition) is 5. The molecular formula is C15H15FN2O4S. The van der Waals surface area contributed by atoms with Crippen molar-refractivity contribution in [2.45, 2.75) is 31.5 Å². The van der Waals surface area contributed by atoms with Gasteiger partial charge >= 0.3 is 6.09 Å². The molecule has 122 valence electrons. The lowest BCUT2D eigenvalue weighted by molar-refractivity contribution is -0.134. The van der Waals surface area contributed by atoms with Crippen LogP contribution in [0.5, 0.6) is 0 Å². The van der Waals surface area contributed by atoms with Gasteiger partial charge in [-0.15, -0.1) is 0 Å². The number of halogens is 1. The minimum atomic E-state index is -0.877. The van der Waals surface area contributed by atoms with Gasteiger partial charge in [-0.1, -0.05) is 12.1 Å². The summed E-state index contributed by atoms with van der Waals surface area (Å²) < 4.78 is 23.5. The molecule has 0 spiro atoms. The number of benzene rings is 1. The highest BCUT2D eigenvalue weighted by atomic mass is 32.1. The van der Waals surface area contributed by atoms with Gasteiger partial charge in [0.1, 0.15) is 12.4 Å². The number of carbonyl (C=O) groups excluding carboxylic acids is 2. The van der Waals surface area contributed by atoms with Crippen LogP contribution < -0.4 is 5.32 Å². The molecule has 1 aromatic carbocycles. The van der Waals surface area contributed by atoms with Crippen molar-refractivity contribution in [2.75, 3.05) is 6.61 Å². The van der Waals surface area contributed by atoms with E-state index in [9.17, 15) is 14.0 Å². The number of carbonyl (C=O) groups is 2. The molecule has 3 rings (SSSR count). The maximum absolute atomic E-state index is 13.1. The predicted molar refractivity (Wildman–Crippen MR) is 82.0 cm³/mol. The number of cyclic esters (lactones) is 1. The monoisotopic (exact) mass is 338 g/mol. The van der Waals surface area contributed by atoms with Crippen LogP contribution in [-0.2, 0) is 14.3 Å². The van der Waals surface area contributed by atoms with Gasteiger partial charge in [0.05, 0.1) is 5.54 Å². The zero-order chi connectivity index (χ0) is 16.8. The summed E-state index contributed by atoms with van der Waals surface area (Å²) in [4.78, 5) is 25.8. The van der Waals surface area contributed by atoms with E-state index in [0.717, 1.165) is 4.90 Å². The zero-order valence-electron chi connectivity index (χ0n) is 12.5. The van der Waals surface area contributed by atoms with E-state index in [0.29, 0.717) is 5.56 Å². The van der Waals surface area contributed by atoms with E-state index in [1.165, 1.54) is 24.3 Å². The average Bonchev–Trinajstić information content (AvgIpc) is 2.99. The summed E-state index contributed by atoms with van der Waals surface area (Å²) in [6.45, 7) is 3.59. The number of ether oxygens (including phenoxy) is 2. The van der Waals surface area contributed by atoms with Crippen LogP contribution in [0.2, 0.25) is 0 Å². The molecule has 0 saturated carbocycles. The lowest BCUT2D eigenvalue weighted by atomic mass is 9.99. The Bertz CT molecular complexity index is 677. The van der Waals surface area contributed by atoms with Crippen LogP contribution in [0.3, 0.4) is 0 Å². The van der Waals surface area contributed by atoms with E-state index < -0.39 is 35.5 Å². The van der Waals surface area contributed by atoms with Crippen molar-refractivity contribution in [3.63, 3.8) is 0 Å². The molecule has 23 heavy (non-hydrogen) atoms. The van der Waals surface area contributed by atoms with Gasteiger partial charge in [-0.3, -0.25) is 4.79 Å². The third kappa shape index (κ3) is 2.74. The second-order valence-corrected chi connectivity index (χ2v) is 6.41. The van der Waals surface area contributed by atoms with Crippen molar-refractivity contribution >= 4 is 29.4 Å². The zero-order valence-corrected chi connectivity index (χ0v) is 13.4. The Balaban J connectivity index is 1.90. The number of nitrogens with zero attached hydrogens (tertiary/aromatic N) is 1. The van der Waals surface area contributed by atoms with Crippen LogP contribution in [0.4, 0.5) is 9.18 Å². The fourth-order valence-electron chi connectivity index (χ4n) is 2.67. The maximum atomic E-state index is 13.1. The highest BCUT2D eigenvalue weighted by Crippen LogP contribution is 2.31. The largest absolute Gasteiger partial charge is 0.460 e. The van der Waals surface area contributed by atoms with Gasteiger partial charge in [0.15, 0.2) is 12.1 Å². The first-order chi connectivity index (χ1) is 10.8. The smallest absolute Gasteiger partial charge is 0.417 e. The van der Waals surface area contributed by atoms with E-state index in [2.05, 4.69) is 5.32 Å². The molecule has 2 fully saturated rings. The molecule has 2 aliphatic rings. The van der Waals surface area contributed by atoms with Crippen molar-refractivity contribution in [1.29, 1.82) is 0 Å². The number of rotatable bonds is 2. The third-order valence-electron chi connectivity index (χ3n) is 3.83. The second kappa shape index (κ2) is 5.45. The molecule has 0 aliphatic carbocycles. The van der Waals surface area contributed by atoms with E-state index in [1.54, 1.807) is 13.8 Å². The van der Waals surface area contributed by atoms with Gasteiger partial charge in [-0.05, 0) is 43.8 Å². The number of hydrogen-bond donors (Lipinski definition) is 1. The first-order valence-electron chi connectivity index (χ1n) is 7.03. The van der Waals surface area contributed by atoms with E-state index in [1.807, 2.05) is 0 Å². The Morgan fingerprint density at radius 3 is 2.61 bits per heavy atom. The molecule has 0 bridgehead atoms. The predicted octanol–water partition coefficient (Wildman–Crippen LogP) is 1.90. The molecule has 2 atom stereocenters. The highest BCUT2D eigenvalue weighted by molar-refractivity contribution is 7.80. The molecule has 6 nitrogen and oxygen atoms in total. The van der Waals surface area contributed by atoms with E-state index in [4.69, 9.17) is 21.7 Å². The van der Waals surface area contributed by atoms with Crippen LogP contribution in [0.25, 0.3) is 0 Å². The number of nitrogens with one attached hydrogen (secondary N) is 1. The van der Waals surface area contributed by atoms with Crippen molar-refractivity contribution in [2.24, 2.45) is 0 Å². The van der Waals surface area contributed by atoms with E-state index >= 15 is 0 Å². The average molecular weight is 338 g/mol. The Morgan fingerprint density at radius 2 is 2.04 bits per heavy atom. The fraction of sp³-hybridized carbons (Fsp3) is 0.400. The molecule has 2 aliphatic heterocycles. The SMILES string of the molecule is CC1(C)COC(=O)N1C(=O)[C@@H]1NC(=S)O[C@H]1c1ccc(F)cc1. The van der Waals surface area contributed by atoms with Crippen molar-refractivity contribution in [3.05, 3.63) is 35.6 Å². The van der Waals surface area contributed by atoms with Crippen LogP contribution in [0.15, 0.2) is 24.3 Å². The van der Waals surface area contributed by atoms with Crippen LogP contribution >= 0.6 is 12.2 Å². The first kappa shape index (κ1) is 15.7. The van der Waals surface area contributed by atoms with Crippen molar-refractivity contribution in [3.8, 4) is 0 Å². The van der Waals surface area contributed by atoms with Crippen molar-refractivity contribution in [1.82, 2.24) is 10.2 Å². The summed E-state index contributed by atoms with van der Waals surface area (Å²) in [7, 11) is 0. The van der Waals surface area contributed by atoms with Crippen LogP contribution in [0, 0.1) is 5.82 Å². The molecular weight excluding hydrogens is 323 g/mol. The van der Waals surface area contributed by atoms with Gasteiger partial charge in [0, 0.05) is 0 Å². The topological polar surface area (TPSA) is 67.9 Å². The number of thiocarbonyl (C=S) groups is 1. The molecule has 8 heteroatoms. The lowest BCUT2D eigenvalue weighted by Crippen LogP contribution is -2.53. The van der Waals surface area contributed by atoms with E-state index in [-0.39, 0.29) is 11.8 Å². The minimum Gasteiger partial charge on any atom is -0.460 e. The fourth-order valence-corrected chi connectivity index (χ4v) is 2.90. The lowest BCUT2D eigenvalue weighted by Gasteiger charge is -2.29. The standard InChI is InChI=1S/C15H15FN2O4S/c1-15(2)7-21-14(20)18(15)12(19)10-11(22-13(23)17-10)8-3-5-9(16)6-4-8/h3-6,10-11H,7H2,1-2H3,(H,17,23)/t10-,11+/m1/s1. The number of imide groups is 1. The summed E-state index contributed by atoms with van der Waals surface area (Å²) in [6, 6.07) is 4.70. The molecule has 1 N–H and O–H groups in total. The third-order valence-corrected chi connectivity index (χ3v) is 4.05. The molecule has 2 saturated heterocycles. The number of amides is 2. The summed E-state index contributed by atoms with van der Waals surface area (Å²) in [5.74, 6) is -0.888. The minimum absolute atomic E-state index is 0.0584. The van der Waals surface area contributed by atoms with Gasteiger partial charge in [-0.2, -0.15) is 0 Å². The molecule has 0 aromatic heterocycles. The molecule has 2 amide bonds. The quantitative estimate of drug-likeness (QED) is 0.831. The van der Waals surface area contributed by atoms with Crippen LogP contribution in [-0.4, -0.2) is 40.3 Å². The second-order valence-electron chi connectivity index (χ2n) is 6.04. The normalized spacial score (nSPS) is 25.8. The maximum Gasteiger partial charge on any atom is 0.417 e. The van der Waals surface area contributed by atoms with Gasteiger partial charge in [0.2, 0.25) is 0 Å². The highest BCUT2D eigenvalue weighted by Gasteiger charge is 2.50. The van der Waals surface area contributed by atoms with Gasteiger partial charge in [-0.25, -0.2) is 14.1 Å². The Kier molecular flexibility index (Phi) is 3.71. The first-order valence-corrected chi connectivity index (χ1v) is 7.44. The Labute approximate surface area is 137 Å². The Morgan fingerprint density at radius 1 is 1.39 bits per heavy atom.